The van der Waals surface area contributed by atoms with Crippen LogP contribution in [0.5, 0.6) is 0 Å². The monoisotopic (exact) mass is 251 g/mol. The van der Waals surface area contributed by atoms with Gasteiger partial charge in [0, 0.05) is 19.2 Å². The van der Waals surface area contributed by atoms with Gasteiger partial charge in [-0.2, -0.15) is 0 Å². The lowest BCUT2D eigenvalue weighted by atomic mass is 10.1. The number of hydrogen-bond acceptors (Lipinski definition) is 4. The zero-order chi connectivity index (χ0) is 12.4. The van der Waals surface area contributed by atoms with Gasteiger partial charge in [-0.25, -0.2) is 0 Å². The molecule has 0 atom stereocenters. The van der Waals surface area contributed by atoms with E-state index in [-0.39, 0.29) is 5.91 Å². The minimum absolute atomic E-state index is 0.115. The van der Waals surface area contributed by atoms with E-state index in [9.17, 15) is 4.79 Å². The van der Waals surface area contributed by atoms with Crippen LogP contribution in [0.2, 0.25) is 0 Å². The van der Waals surface area contributed by atoms with Crippen molar-refractivity contribution in [2.75, 3.05) is 24.6 Å². The smallest absolute Gasteiger partial charge is 0.263 e. The van der Waals surface area contributed by atoms with E-state index in [0.717, 1.165) is 10.6 Å². The van der Waals surface area contributed by atoms with E-state index in [2.05, 4.69) is 17.2 Å². The van der Waals surface area contributed by atoms with Gasteiger partial charge in [-0.1, -0.05) is 6.08 Å². The van der Waals surface area contributed by atoms with Crippen LogP contribution < -0.4 is 16.4 Å². The Morgan fingerprint density at radius 1 is 1.65 bits per heavy atom. The SMILES string of the molecule is C=CCNC(=O)c1sc(NC)c(C2CC2)c1N. The van der Waals surface area contributed by atoms with E-state index in [0.29, 0.717) is 23.0 Å². The maximum atomic E-state index is 11.9. The van der Waals surface area contributed by atoms with Gasteiger partial charge in [-0.15, -0.1) is 17.9 Å². The lowest BCUT2D eigenvalue weighted by Crippen LogP contribution is -2.23. The Morgan fingerprint density at radius 3 is 2.88 bits per heavy atom. The third kappa shape index (κ3) is 2.29. The number of anilines is 2. The molecule has 5 heteroatoms. The summed E-state index contributed by atoms with van der Waals surface area (Å²) < 4.78 is 0. The molecule has 0 aliphatic heterocycles. The summed E-state index contributed by atoms with van der Waals surface area (Å²) in [7, 11) is 1.86. The molecular weight excluding hydrogens is 234 g/mol. The second-order valence-electron chi connectivity index (χ2n) is 4.11. The number of thiophene rings is 1. The Hall–Kier alpha value is -1.49. The molecule has 1 heterocycles. The van der Waals surface area contributed by atoms with Crippen molar-refractivity contribution in [1.29, 1.82) is 0 Å². The molecule has 0 radical (unpaired) electrons. The lowest BCUT2D eigenvalue weighted by molar-refractivity contribution is 0.0963. The van der Waals surface area contributed by atoms with Crippen LogP contribution in [0.25, 0.3) is 0 Å². The summed E-state index contributed by atoms with van der Waals surface area (Å²) in [5, 5.41) is 6.91. The molecule has 1 aromatic heterocycles. The number of nitrogens with two attached hydrogens (primary N) is 1. The van der Waals surface area contributed by atoms with Crippen molar-refractivity contribution in [2.45, 2.75) is 18.8 Å². The molecule has 0 bridgehead atoms. The largest absolute Gasteiger partial charge is 0.397 e. The summed E-state index contributed by atoms with van der Waals surface area (Å²) in [6.45, 7) is 4.03. The molecule has 1 aliphatic rings. The van der Waals surface area contributed by atoms with Crippen LogP contribution in [0.1, 0.15) is 34.0 Å². The van der Waals surface area contributed by atoms with Gasteiger partial charge in [0.25, 0.3) is 5.91 Å². The minimum Gasteiger partial charge on any atom is -0.397 e. The summed E-state index contributed by atoms with van der Waals surface area (Å²) in [5.41, 5.74) is 7.85. The van der Waals surface area contributed by atoms with E-state index >= 15 is 0 Å². The highest BCUT2D eigenvalue weighted by Crippen LogP contribution is 2.50. The number of hydrogen-bond donors (Lipinski definition) is 3. The third-order valence-electron chi connectivity index (χ3n) is 2.81. The van der Waals surface area contributed by atoms with E-state index in [1.165, 1.54) is 24.2 Å². The fraction of sp³-hybridized carbons (Fsp3) is 0.417. The normalized spacial score (nSPS) is 14.4. The van der Waals surface area contributed by atoms with Crippen LogP contribution in [-0.4, -0.2) is 19.5 Å². The maximum absolute atomic E-state index is 11.9. The van der Waals surface area contributed by atoms with Gasteiger partial charge in [-0.3, -0.25) is 4.79 Å². The number of nitrogen functional groups attached to an aromatic ring is 1. The van der Waals surface area contributed by atoms with Crippen molar-refractivity contribution in [3.63, 3.8) is 0 Å². The third-order valence-corrected chi connectivity index (χ3v) is 4.05. The molecule has 2 rings (SSSR count). The molecule has 1 aromatic rings. The van der Waals surface area contributed by atoms with Crippen molar-refractivity contribution in [1.82, 2.24) is 5.32 Å². The van der Waals surface area contributed by atoms with Gasteiger partial charge in [-0.05, 0) is 18.8 Å². The zero-order valence-corrected chi connectivity index (χ0v) is 10.7. The first-order chi connectivity index (χ1) is 8.19. The number of nitrogens with one attached hydrogen (secondary N) is 2. The highest BCUT2D eigenvalue weighted by Gasteiger charge is 2.32. The molecule has 0 spiro atoms. The second-order valence-corrected chi connectivity index (χ2v) is 5.13. The Bertz CT molecular complexity index is 449. The average molecular weight is 251 g/mol. The van der Waals surface area contributed by atoms with Crippen molar-refractivity contribution in [3.8, 4) is 0 Å². The number of rotatable bonds is 5. The molecular formula is C12H17N3OS. The summed E-state index contributed by atoms with van der Waals surface area (Å²) in [6, 6.07) is 0. The van der Waals surface area contributed by atoms with E-state index < -0.39 is 0 Å². The number of carbonyl (C=O) groups is 1. The quantitative estimate of drug-likeness (QED) is 0.703. The fourth-order valence-corrected chi connectivity index (χ4v) is 2.91. The second kappa shape index (κ2) is 4.79. The number of amides is 1. The fourth-order valence-electron chi connectivity index (χ4n) is 1.83. The standard InChI is InChI=1S/C12H17N3OS/c1-3-6-15-11(16)10-9(13)8(7-4-5-7)12(14-2)17-10/h3,7,14H,1,4-6,13H2,2H3,(H,15,16). The molecule has 1 fully saturated rings. The van der Waals surface area contributed by atoms with Crippen molar-refractivity contribution in [2.24, 2.45) is 0 Å². The van der Waals surface area contributed by atoms with Gasteiger partial charge in [0.05, 0.1) is 10.7 Å². The summed E-state index contributed by atoms with van der Waals surface area (Å²) in [6.07, 6.45) is 4.00. The lowest BCUT2D eigenvalue weighted by Gasteiger charge is -2.02. The first-order valence-corrected chi connectivity index (χ1v) is 6.49. The van der Waals surface area contributed by atoms with Crippen molar-refractivity contribution < 1.29 is 4.79 Å². The van der Waals surface area contributed by atoms with Gasteiger partial charge in [0.15, 0.2) is 0 Å². The Labute approximate surface area is 105 Å². The van der Waals surface area contributed by atoms with E-state index in [4.69, 9.17) is 5.73 Å². The molecule has 0 unspecified atom stereocenters. The maximum Gasteiger partial charge on any atom is 0.263 e. The first-order valence-electron chi connectivity index (χ1n) is 5.68. The molecule has 0 saturated heterocycles. The van der Waals surface area contributed by atoms with E-state index in [1.54, 1.807) is 6.08 Å². The Kier molecular flexibility index (Phi) is 3.38. The van der Waals surface area contributed by atoms with Crippen LogP contribution in [0, 0.1) is 0 Å². The van der Waals surface area contributed by atoms with Crippen LogP contribution in [0.3, 0.4) is 0 Å². The molecule has 17 heavy (non-hydrogen) atoms. The predicted molar refractivity (Wildman–Crippen MR) is 72.8 cm³/mol. The summed E-state index contributed by atoms with van der Waals surface area (Å²) in [4.78, 5) is 12.5. The van der Waals surface area contributed by atoms with Crippen molar-refractivity contribution >= 4 is 27.9 Å². The Balaban J connectivity index is 2.28. The van der Waals surface area contributed by atoms with Gasteiger partial charge in [0.1, 0.15) is 4.88 Å². The van der Waals surface area contributed by atoms with E-state index in [1.807, 2.05) is 7.05 Å². The molecule has 1 amide bonds. The first kappa shape index (κ1) is 12.0. The molecule has 4 nitrogen and oxygen atoms in total. The predicted octanol–water partition coefficient (Wildman–Crippen LogP) is 2.17. The van der Waals surface area contributed by atoms with Crippen LogP contribution >= 0.6 is 11.3 Å². The molecule has 92 valence electrons. The van der Waals surface area contributed by atoms with Crippen molar-refractivity contribution in [3.05, 3.63) is 23.1 Å². The molecule has 1 aliphatic carbocycles. The van der Waals surface area contributed by atoms with Crippen LogP contribution in [0.4, 0.5) is 10.7 Å². The van der Waals surface area contributed by atoms with Crippen LogP contribution in [-0.2, 0) is 0 Å². The summed E-state index contributed by atoms with van der Waals surface area (Å²) in [5.74, 6) is 0.422. The highest BCUT2D eigenvalue weighted by molar-refractivity contribution is 7.18. The van der Waals surface area contributed by atoms with Gasteiger partial charge in [0.2, 0.25) is 0 Å². The number of carbonyl (C=O) groups excluding carboxylic acids is 1. The highest BCUT2D eigenvalue weighted by atomic mass is 32.1. The van der Waals surface area contributed by atoms with Gasteiger partial charge < -0.3 is 16.4 Å². The molecule has 1 saturated carbocycles. The van der Waals surface area contributed by atoms with Gasteiger partial charge >= 0.3 is 0 Å². The topological polar surface area (TPSA) is 67.2 Å². The van der Waals surface area contributed by atoms with Crippen LogP contribution in [0.15, 0.2) is 12.7 Å². The average Bonchev–Trinajstić information content (AvgIpc) is 3.10. The summed E-state index contributed by atoms with van der Waals surface area (Å²) >= 11 is 1.43. The molecule has 0 aromatic carbocycles. The zero-order valence-electron chi connectivity index (χ0n) is 9.88. The minimum atomic E-state index is -0.115. The molecule has 4 N–H and O–H groups in total. The Morgan fingerprint density at radius 2 is 2.35 bits per heavy atom.